The molecule has 3 aromatic carbocycles. The number of aromatic nitrogens is 6. The number of methoxy groups -OCH3 is 1. The summed E-state index contributed by atoms with van der Waals surface area (Å²) in [4.78, 5) is 25.2. The van der Waals surface area contributed by atoms with Crippen molar-refractivity contribution < 1.29 is 14.3 Å². The molecule has 0 aliphatic rings. The van der Waals surface area contributed by atoms with E-state index in [9.17, 15) is 4.79 Å². The number of fused-ring (bicyclic) bond motifs is 2. The lowest BCUT2D eigenvalue weighted by atomic mass is 10.0. The highest BCUT2D eigenvalue weighted by Gasteiger charge is 2.10. The Morgan fingerprint density at radius 2 is 1.82 bits per heavy atom. The van der Waals surface area contributed by atoms with Crippen LogP contribution in [0.1, 0.15) is 5.56 Å². The minimum atomic E-state index is -0.211. The van der Waals surface area contributed by atoms with Gasteiger partial charge in [-0.15, -0.1) is 10.2 Å². The highest BCUT2D eigenvalue weighted by atomic mass is 16.5. The van der Waals surface area contributed by atoms with Crippen LogP contribution < -0.4 is 15.4 Å². The fourth-order valence-electron chi connectivity index (χ4n) is 4.30. The minimum absolute atomic E-state index is 0.00509. The number of aryl methyl sites for hydroxylation is 1. The molecule has 0 aliphatic carbocycles. The molecular weight excluding hydrogens is 508 g/mol. The molecule has 11 nitrogen and oxygen atoms in total. The number of hydrogen-bond acceptors (Lipinski definition) is 9. The number of carbonyl (C=O) groups is 1. The first kappa shape index (κ1) is 24.9. The van der Waals surface area contributed by atoms with Crippen molar-refractivity contribution in [3.63, 3.8) is 0 Å². The Morgan fingerprint density at radius 1 is 0.925 bits per heavy atom. The number of benzene rings is 3. The van der Waals surface area contributed by atoms with Crippen LogP contribution in [0.4, 0.5) is 17.2 Å². The lowest BCUT2D eigenvalue weighted by Crippen LogP contribution is -2.16. The van der Waals surface area contributed by atoms with Crippen LogP contribution in [0.5, 0.6) is 11.6 Å². The molecule has 0 radical (unpaired) electrons. The van der Waals surface area contributed by atoms with Gasteiger partial charge in [0.15, 0.2) is 5.65 Å². The highest BCUT2D eigenvalue weighted by Crippen LogP contribution is 2.32. The molecule has 3 heterocycles. The van der Waals surface area contributed by atoms with Gasteiger partial charge in [0.05, 0.1) is 5.52 Å². The number of carbonyl (C=O) groups excluding carboxylic acids is 1. The van der Waals surface area contributed by atoms with E-state index in [1.807, 2.05) is 67.6 Å². The Hall–Kier alpha value is -5.42. The van der Waals surface area contributed by atoms with Crippen molar-refractivity contribution in [2.45, 2.75) is 6.92 Å². The normalized spacial score (nSPS) is 11.1. The Morgan fingerprint density at radius 3 is 2.70 bits per heavy atom. The van der Waals surface area contributed by atoms with E-state index in [0.717, 1.165) is 33.3 Å². The van der Waals surface area contributed by atoms with Gasteiger partial charge in [0.2, 0.25) is 11.8 Å². The lowest BCUT2D eigenvalue weighted by molar-refractivity contribution is -0.119. The van der Waals surface area contributed by atoms with E-state index in [1.54, 1.807) is 23.1 Å². The van der Waals surface area contributed by atoms with Crippen molar-refractivity contribution in [1.82, 2.24) is 29.5 Å². The standard InChI is InChI=1S/C29H24N8O3/c1-18-10-22(7-9-25(18)40-28-13-26-36-33-17-37(26)16-32-28)35-29-23-12-20(6-8-24(23)30-15-31-29)19-4-3-5-21(11-19)34-27(38)14-39-2/h3-13,15-17H,14H2,1-2H3,(H,34,38)(H,30,31,35). The molecule has 0 unspecified atom stereocenters. The Bertz CT molecular complexity index is 1850. The molecule has 0 spiro atoms. The first-order chi connectivity index (χ1) is 19.6. The summed E-state index contributed by atoms with van der Waals surface area (Å²) in [7, 11) is 1.49. The number of nitrogens with one attached hydrogen (secondary N) is 2. The summed E-state index contributed by atoms with van der Waals surface area (Å²) in [5.74, 6) is 1.57. The molecule has 198 valence electrons. The number of anilines is 3. The van der Waals surface area contributed by atoms with E-state index in [1.165, 1.54) is 13.4 Å². The van der Waals surface area contributed by atoms with Gasteiger partial charge < -0.3 is 20.1 Å². The Balaban J connectivity index is 1.25. The third kappa shape index (κ3) is 5.26. The molecule has 0 aliphatic heterocycles. The number of rotatable bonds is 8. The molecule has 0 saturated heterocycles. The fraction of sp³-hybridized carbons (Fsp3) is 0.103. The fourth-order valence-corrected chi connectivity index (χ4v) is 4.30. The van der Waals surface area contributed by atoms with Crippen molar-refractivity contribution in [2.24, 2.45) is 0 Å². The SMILES string of the molecule is COCC(=O)Nc1cccc(-c2ccc3ncnc(Nc4ccc(Oc5cc6nncn6cn5)c(C)c4)c3c2)c1. The summed E-state index contributed by atoms with van der Waals surface area (Å²) >= 11 is 0. The van der Waals surface area contributed by atoms with Crippen molar-refractivity contribution in [3.05, 3.63) is 91.3 Å². The van der Waals surface area contributed by atoms with Crippen LogP contribution in [-0.4, -0.2) is 49.2 Å². The van der Waals surface area contributed by atoms with Crippen LogP contribution in [0.3, 0.4) is 0 Å². The summed E-state index contributed by atoms with van der Waals surface area (Å²) in [6.07, 6.45) is 4.73. The van der Waals surface area contributed by atoms with Crippen LogP contribution in [0.15, 0.2) is 85.7 Å². The molecule has 3 aromatic heterocycles. The number of nitrogens with zero attached hydrogens (tertiary/aromatic N) is 6. The third-order valence-corrected chi connectivity index (χ3v) is 6.21. The molecule has 2 N–H and O–H groups in total. The van der Waals surface area contributed by atoms with E-state index in [4.69, 9.17) is 9.47 Å². The molecule has 1 amide bonds. The molecule has 0 fully saturated rings. The predicted octanol–water partition coefficient (Wildman–Crippen LogP) is 5.16. The van der Waals surface area contributed by atoms with Gasteiger partial charge in [-0.2, -0.15) is 0 Å². The van der Waals surface area contributed by atoms with E-state index in [2.05, 4.69) is 35.8 Å². The van der Waals surface area contributed by atoms with Gasteiger partial charge in [0, 0.05) is 29.9 Å². The molecule has 6 rings (SSSR count). The molecular formula is C29H24N8O3. The lowest BCUT2D eigenvalue weighted by Gasteiger charge is -2.13. The van der Waals surface area contributed by atoms with E-state index in [-0.39, 0.29) is 12.5 Å². The highest BCUT2D eigenvalue weighted by molar-refractivity contribution is 5.95. The van der Waals surface area contributed by atoms with Gasteiger partial charge in [-0.3, -0.25) is 9.20 Å². The number of hydrogen-bond donors (Lipinski definition) is 2. The first-order valence-electron chi connectivity index (χ1n) is 12.4. The van der Waals surface area contributed by atoms with E-state index in [0.29, 0.717) is 28.8 Å². The zero-order valence-electron chi connectivity index (χ0n) is 21.7. The zero-order chi connectivity index (χ0) is 27.5. The topological polar surface area (TPSA) is 128 Å². The maximum atomic E-state index is 11.9. The van der Waals surface area contributed by atoms with Crippen LogP contribution in [0, 0.1) is 6.92 Å². The van der Waals surface area contributed by atoms with Gasteiger partial charge in [-0.05, 0) is 66.1 Å². The van der Waals surface area contributed by atoms with Gasteiger partial charge in [-0.25, -0.2) is 15.0 Å². The average molecular weight is 533 g/mol. The average Bonchev–Trinajstić information content (AvgIpc) is 3.43. The van der Waals surface area contributed by atoms with Crippen LogP contribution in [0.2, 0.25) is 0 Å². The molecule has 0 bridgehead atoms. The number of ether oxygens (including phenoxy) is 2. The van der Waals surface area contributed by atoms with Crippen molar-refractivity contribution in [3.8, 4) is 22.8 Å². The maximum absolute atomic E-state index is 11.9. The maximum Gasteiger partial charge on any atom is 0.250 e. The predicted molar refractivity (Wildman–Crippen MR) is 151 cm³/mol. The molecule has 0 saturated carbocycles. The van der Waals surface area contributed by atoms with Crippen molar-refractivity contribution >= 4 is 39.6 Å². The largest absolute Gasteiger partial charge is 0.439 e. The molecule has 6 aromatic rings. The molecule has 11 heteroatoms. The Kier molecular flexibility index (Phi) is 6.69. The van der Waals surface area contributed by atoms with Crippen LogP contribution in [0.25, 0.3) is 27.7 Å². The summed E-state index contributed by atoms with van der Waals surface area (Å²) in [5.41, 5.74) is 5.82. The minimum Gasteiger partial charge on any atom is -0.439 e. The van der Waals surface area contributed by atoms with Gasteiger partial charge >= 0.3 is 0 Å². The number of amides is 1. The second-order valence-electron chi connectivity index (χ2n) is 9.05. The molecule has 40 heavy (non-hydrogen) atoms. The third-order valence-electron chi connectivity index (χ3n) is 6.21. The van der Waals surface area contributed by atoms with Gasteiger partial charge in [0.25, 0.3) is 0 Å². The van der Waals surface area contributed by atoms with Crippen molar-refractivity contribution in [1.29, 1.82) is 0 Å². The quantitative estimate of drug-likeness (QED) is 0.273. The smallest absolute Gasteiger partial charge is 0.250 e. The second-order valence-corrected chi connectivity index (χ2v) is 9.05. The van der Waals surface area contributed by atoms with Crippen LogP contribution >= 0.6 is 0 Å². The second kappa shape index (κ2) is 10.8. The summed E-state index contributed by atoms with van der Waals surface area (Å²) in [5, 5.41) is 15.0. The van der Waals surface area contributed by atoms with Gasteiger partial charge in [-0.1, -0.05) is 18.2 Å². The first-order valence-corrected chi connectivity index (χ1v) is 12.4. The summed E-state index contributed by atoms with van der Waals surface area (Å²) < 4.78 is 12.6. The van der Waals surface area contributed by atoms with E-state index < -0.39 is 0 Å². The van der Waals surface area contributed by atoms with Crippen LogP contribution in [-0.2, 0) is 9.53 Å². The van der Waals surface area contributed by atoms with Crippen molar-refractivity contribution in [2.75, 3.05) is 24.4 Å². The summed E-state index contributed by atoms with van der Waals surface area (Å²) in [6, 6.07) is 21.1. The monoisotopic (exact) mass is 532 g/mol. The van der Waals surface area contributed by atoms with E-state index >= 15 is 0 Å². The zero-order valence-corrected chi connectivity index (χ0v) is 21.7. The Labute approximate surface area is 228 Å². The molecule has 0 atom stereocenters. The van der Waals surface area contributed by atoms with Gasteiger partial charge in [0.1, 0.15) is 37.2 Å². The summed E-state index contributed by atoms with van der Waals surface area (Å²) in [6.45, 7) is 1.96.